The highest BCUT2D eigenvalue weighted by Crippen LogP contribution is 2.35. The van der Waals surface area contributed by atoms with Crippen molar-refractivity contribution in [3.05, 3.63) is 34.6 Å². The van der Waals surface area contributed by atoms with E-state index in [1.165, 1.54) is 6.07 Å². The monoisotopic (exact) mass is 257 g/mol. The molecule has 2 rings (SSSR count). The van der Waals surface area contributed by atoms with Crippen LogP contribution in [0, 0.1) is 11.7 Å². The molecule has 0 bridgehead atoms. The quantitative estimate of drug-likeness (QED) is 0.895. The first kappa shape index (κ1) is 12.8. The summed E-state index contributed by atoms with van der Waals surface area (Å²) in [7, 11) is 0. The van der Waals surface area contributed by atoms with Crippen LogP contribution in [0.25, 0.3) is 0 Å². The summed E-state index contributed by atoms with van der Waals surface area (Å²) in [5, 5.41) is 3.48. The number of halogens is 2. The Morgan fingerprint density at radius 3 is 3.06 bits per heavy atom. The molecule has 1 aliphatic heterocycles. The van der Waals surface area contributed by atoms with Gasteiger partial charge in [0.05, 0.1) is 11.1 Å². The summed E-state index contributed by atoms with van der Waals surface area (Å²) in [5.74, 6) is 0.0393. The van der Waals surface area contributed by atoms with Gasteiger partial charge in [-0.15, -0.1) is 0 Å². The molecule has 2 atom stereocenters. The first-order valence-corrected chi connectivity index (χ1v) is 6.37. The Morgan fingerprint density at radius 1 is 1.53 bits per heavy atom. The predicted octanol–water partition coefficient (Wildman–Crippen LogP) is 3.17. The van der Waals surface area contributed by atoms with Gasteiger partial charge in [-0.05, 0) is 30.7 Å². The molecule has 2 nitrogen and oxygen atoms in total. The topological polar surface area (TPSA) is 21.3 Å². The lowest BCUT2D eigenvalue weighted by atomic mass is 9.95. The van der Waals surface area contributed by atoms with Gasteiger partial charge in [-0.25, -0.2) is 4.39 Å². The standard InChI is InChI=1S/C13H17ClFNO/c1-2-16-8-10-5-6-17-13(10)9-3-4-11(14)12(15)7-9/h3-4,7,10,13,16H,2,5-6,8H2,1H3. The number of hydrogen-bond donors (Lipinski definition) is 1. The molecule has 1 aromatic carbocycles. The van der Waals surface area contributed by atoms with Crippen molar-refractivity contribution in [1.29, 1.82) is 0 Å². The number of rotatable bonds is 4. The van der Waals surface area contributed by atoms with E-state index in [0.29, 0.717) is 5.92 Å². The molecule has 0 radical (unpaired) electrons. The third kappa shape index (κ3) is 2.97. The van der Waals surface area contributed by atoms with E-state index in [1.54, 1.807) is 6.07 Å². The van der Waals surface area contributed by atoms with Crippen molar-refractivity contribution in [1.82, 2.24) is 5.32 Å². The zero-order chi connectivity index (χ0) is 12.3. The van der Waals surface area contributed by atoms with Crippen LogP contribution in [0.3, 0.4) is 0 Å². The Hall–Kier alpha value is -0.640. The number of benzene rings is 1. The Bertz CT molecular complexity index is 386. The molecule has 0 amide bonds. The average molecular weight is 258 g/mol. The number of ether oxygens (including phenoxy) is 1. The number of nitrogens with one attached hydrogen (secondary N) is 1. The SMILES string of the molecule is CCNCC1CCOC1c1ccc(Cl)c(F)c1. The van der Waals surface area contributed by atoms with Gasteiger partial charge >= 0.3 is 0 Å². The highest BCUT2D eigenvalue weighted by Gasteiger charge is 2.29. The van der Waals surface area contributed by atoms with Gasteiger partial charge in [0, 0.05) is 19.1 Å². The van der Waals surface area contributed by atoms with Gasteiger partial charge in [-0.3, -0.25) is 0 Å². The Balaban J connectivity index is 2.11. The van der Waals surface area contributed by atoms with E-state index in [4.69, 9.17) is 16.3 Å². The third-order valence-corrected chi connectivity index (χ3v) is 3.45. The maximum atomic E-state index is 13.4. The summed E-state index contributed by atoms with van der Waals surface area (Å²) >= 11 is 5.68. The van der Waals surface area contributed by atoms with Gasteiger partial charge in [0.2, 0.25) is 0 Å². The molecule has 2 unspecified atom stereocenters. The van der Waals surface area contributed by atoms with Gasteiger partial charge in [-0.1, -0.05) is 24.6 Å². The summed E-state index contributed by atoms with van der Waals surface area (Å²) in [6.07, 6.45) is 1.00. The maximum Gasteiger partial charge on any atom is 0.142 e. The fourth-order valence-electron chi connectivity index (χ4n) is 2.23. The van der Waals surface area contributed by atoms with Gasteiger partial charge in [-0.2, -0.15) is 0 Å². The van der Waals surface area contributed by atoms with Gasteiger partial charge in [0.15, 0.2) is 0 Å². The van der Waals surface area contributed by atoms with Crippen molar-refractivity contribution in [2.24, 2.45) is 5.92 Å². The lowest BCUT2D eigenvalue weighted by molar-refractivity contribution is 0.0904. The fraction of sp³-hybridized carbons (Fsp3) is 0.538. The lowest BCUT2D eigenvalue weighted by Crippen LogP contribution is -2.24. The summed E-state index contributed by atoms with van der Waals surface area (Å²) in [6, 6.07) is 4.93. The molecule has 17 heavy (non-hydrogen) atoms. The predicted molar refractivity (Wildman–Crippen MR) is 66.8 cm³/mol. The molecule has 1 N–H and O–H groups in total. The Morgan fingerprint density at radius 2 is 2.35 bits per heavy atom. The van der Waals surface area contributed by atoms with Crippen LogP contribution >= 0.6 is 11.6 Å². The third-order valence-electron chi connectivity index (χ3n) is 3.14. The number of hydrogen-bond acceptors (Lipinski definition) is 2. The van der Waals surface area contributed by atoms with E-state index in [2.05, 4.69) is 12.2 Å². The van der Waals surface area contributed by atoms with Crippen LogP contribution in [0.5, 0.6) is 0 Å². The summed E-state index contributed by atoms with van der Waals surface area (Å²) in [5.41, 5.74) is 0.882. The molecule has 0 saturated carbocycles. The van der Waals surface area contributed by atoms with Crippen molar-refractivity contribution in [3.8, 4) is 0 Å². The molecule has 0 spiro atoms. The van der Waals surface area contributed by atoms with Gasteiger partial charge < -0.3 is 10.1 Å². The largest absolute Gasteiger partial charge is 0.373 e. The molecule has 4 heteroatoms. The van der Waals surface area contributed by atoms with E-state index >= 15 is 0 Å². The summed E-state index contributed by atoms with van der Waals surface area (Å²) in [4.78, 5) is 0. The molecule has 1 fully saturated rings. The average Bonchev–Trinajstić information content (AvgIpc) is 2.78. The molecule has 1 aliphatic rings. The van der Waals surface area contributed by atoms with Crippen LogP contribution in [0.15, 0.2) is 18.2 Å². The van der Waals surface area contributed by atoms with Crippen molar-refractivity contribution in [2.75, 3.05) is 19.7 Å². The van der Waals surface area contributed by atoms with Gasteiger partial charge in [0.1, 0.15) is 5.82 Å². The normalized spacial score (nSPS) is 24.2. The van der Waals surface area contributed by atoms with E-state index in [1.807, 2.05) is 6.07 Å². The first-order chi connectivity index (χ1) is 8.22. The summed E-state index contributed by atoms with van der Waals surface area (Å²) in [6.45, 7) is 4.67. The van der Waals surface area contributed by atoms with E-state index in [9.17, 15) is 4.39 Å². The molecule has 94 valence electrons. The zero-order valence-electron chi connectivity index (χ0n) is 9.88. The van der Waals surface area contributed by atoms with Crippen LogP contribution in [0.2, 0.25) is 5.02 Å². The van der Waals surface area contributed by atoms with Crippen LogP contribution in [-0.4, -0.2) is 19.7 Å². The highest BCUT2D eigenvalue weighted by molar-refractivity contribution is 6.30. The molecule has 1 heterocycles. The van der Waals surface area contributed by atoms with Crippen LogP contribution < -0.4 is 5.32 Å². The van der Waals surface area contributed by atoms with Crippen LogP contribution in [-0.2, 0) is 4.74 Å². The minimum absolute atomic E-state index is 0.0131. The second-order valence-electron chi connectivity index (χ2n) is 4.32. The molecular formula is C13H17ClFNO. The molecule has 0 aromatic heterocycles. The maximum absolute atomic E-state index is 13.4. The van der Waals surface area contributed by atoms with Crippen molar-refractivity contribution >= 4 is 11.6 Å². The van der Waals surface area contributed by atoms with Crippen molar-refractivity contribution in [3.63, 3.8) is 0 Å². The highest BCUT2D eigenvalue weighted by atomic mass is 35.5. The Labute approximate surface area is 106 Å². The van der Waals surface area contributed by atoms with Crippen LogP contribution in [0.1, 0.15) is 25.0 Å². The van der Waals surface area contributed by atoms with Crippen LogP contribution in [0.4, 0.5) is 4.39 Å². The molecule has 0 aliphatic carbocycles. The minimum atomic E-state index is -0.373. The van der Waals surface area contributed by atoms with E-state index in [-0.39, 0.29) is 16.9 Å². The zero-order valence-corrected chi connectivity index (χ0v) is 10.6. The van der Waals surface area contributed by atoms with E-state index < -0.39 is 0 Å². The molecule has 1 aromatic rings. The second kappa shape index (κ2) is 5.80. The lowest BCUT2D eigenvalue weighted by Gasteiger charge is -2.19. The second-order valence-corrected chi connectivity index (χ2v) is 4.73. The summed E-state index contributed by atoms with van der Waals surface area (Å²) < 4.78 is 19.1. The van der Waals surface area contributed by atoms with Crippen molar-refractivity contribution < 1.29 is 9.13 Å². The fourth-order valence-corrected chi connectivity index (χ4v) is 2.35. The van der Waals surface area contributed by atoms with Crippen molar-refractivity contribution in [2.45, 2.75) is 19.4 Å². The molecule has 1 saturated heterocycles. The minimum Gasteiger partial charge on any atom is -0.373 e. The van der Waals surface area contributed by atoms with Gasteiger partial charge in [0.25, 0.3) is 0 Å². The Kier molecular flexibility index (Phi) is 4.37. The van der Waals surface area contributed by atoms with E-state index in [0.717, 1.165) is 31.7 Å². The molecular weight excluding hydrogens is 241 g/mol. The smallest absolute Gasteiger partial charge is 0.142 e. The first-order valence-electron chi connectivity index (χ1n) is 5.99.